The molecule has 1 aliphatic rings. The summed E-state index contributed by atoms with van der Waals surface area (Å²) in [5.74, 6) is 3.48. The molecular weight excluding hydrogens is 122 g/mol. The maximum Gasteiger partial charge on any atom is 0.0129 e. The summed E-state index contributed by atoms with van der Waals surface area (Å²) in [5.41, 5.74) is 0. The molecular formula is C9H15N. The van der Waals surface area contributed by atoms with Crippen LogP contribution in [-0.4, -0.2) is 13.1 Å². The molecule has 1 fully saturated rings. The van der Waals surface area contributed by atoms with E-state index >= 15 is 0 Å². The second-order valence-electron chi connectivity index (χ2n) is 2.99. The van der Waals surface area contributed by atoms with Crippen molar-refractivity contribution in [1.29, 1.82) is 0 Å². The van der Waals surface area contributed by atoms with Crippen molar-refractivity contribution in [2.75, 3.05) is 7.05 Å². The molecule has 0 aliphatic heterocycles. The Morgan fingerprint density at radius 2 is 2.40 bits per heavy atom. The van der Waals surface area contributed by atoms with Gasteiger partial charge in [-0.2, -0.15) is 0 Å². The van der Waals surface area contributed by atoms with Crippen molar-refractivity contribution in [3.05, 3.63) is 0 Å². The van der Waals surface area contributed by atoms with Gasteiger partial charge in [0.1, 0.15) is 0 Å². The van der Waals surface area contributed by atoms with Gasteiger partial charge in [0, 0.05) is 12.5 Å². The molecule has 0 saturated heterocycles. The highest BCUT2D eigenvalue weighted by molar-refractivity contribution is 4.93. The van der Waals surface area contributed by atoms with Crippen LogP contribution in [0.4, 0.5) is 0 Å². The van der Waals surface area contributed by atoms with Crippen LogP contribution in [0.1, 0.15) is 25.7 Å². The van der Waals surface area contributed by atoms with E-state index in [1.54, 1.807) is 0 Å². The molecule has 0 aromatic rings. The Hall–Kier alpha value is -0.480. The number of terminal acetylenes is 1. The van der Waals surface area contributed by atoms with Crippen molar-refractivity contribution < 1.29 is 0 Å². The smallest absolute Gasteiger partial charge is 0.0129 e. The Morgan fingerprint density at radius 1 is 1.60 bits per heavy atom. The molecule has 0 radical (unpaired) electrons. The third kappa shape index (κ3) is 1.52. The summed E-state index contributed by atoms with van der Waals surface area (Å²) in [7, 11) is 2.03. The van der Waals surface area contributed by atoms with E-state index in [9.17, 15) is 0 Å². The molecule has 0 amide bonds. The molecule has 0 heterocycles. The van der Waals surface area contributed by atoms with E-state index in [2.05, 4.69) is 11.2 Å². The highest BCUT2D eigenvalue weighted by Gasteiger charge is 2.24. The third-order valence-corrected chi connectivity index (χ3v) is 2.41. The average Bonchev–Trinajstić information content (AvgIpc) is 2.36. The van der Waals surface area contributed by atoms with Crippen molar-refractivity contribution in [2.45, 2.75) is 31.7 Å². The van der Waals surface area contributed by atoms with E-state index in [-0.39, 0.29) is 0 Å². The largest absolute Gasteiger partial charge is 0.317 e. The molecule has 1 aliphatic carbocycles. The summed E-state index contributed by atoms with van der Waals surface area (Å²) in [6, 6.07) is 0.691. The van der Waals surface area contributed by atoms with Crippen LogP contribution in [0.15, 0.2) is 0 Å². The lowest BCUT2D eigenvalue weighted by Crippen LogP contribution is -2.28. The minimum absolute atomic E-state index is 0.691. The van der Waals surface area contributed by atoms with Crippen LogP contribution in [-0.2, 0) is 0 Å². The fraction of sp³-hybridized carbons (Fsp3) is 0.778. The van der Waals surface area contributed by atoms with Crippen molar-refractivity contribution in [2.24, 2.45) is 5.92 Å². The zero-order valence-electron chi connectivity index (χ0n) is 6.56. The van der Waals surface area contributed by atoms with Crippen LogP contribution in [0.5, 0.6) is 0 Å². The zero-order valence-corrected chi connectivity index (χ0v) is 6.56. The van der Waals surface area contributed by atoms with Gasteiger partial charge >= 0.3 is 0 Å². The van der Waals surface area contributed by atoms with E-state index in [1.165, 1.54) is 19.3 Å². The van der Waals surface area contributed by atoms with Crippen molar-refractivity contribution in [1.82, 2.24) is 5.32 Å². The molecule has 56 valence electrons. The Bertz CT molecular complexity index is 134. The highest BCUT2D eigenvalue weighted by Crippen LogP contribution is 2.27. The maximum atomic E-state index is 5.25. The van der Waals surface area contributed by atoms with Crippen LogP contribution < -0.4 is 5.32 Å². The zero-order chi connectivity index (χ0) is 7.40. The lowest BCUT2D eigenvalue weighted by atomic mass is 10.0. The fourth-order valence-corrected chi connectivity index (χ4v) is 1.81. The Kier molecular flexibility index (Phi) is 2.77. The monoisotopic (exact) mass is 137 g/mol. The summed E-state index contributed by atoms with van der Waals surface area (Å²) >= 11 is 0. The summed E-state index contributed by atoms with van der Waals surface area (Å²) in [6.07, 6.45) is 10.2. The van der Waals surface area contributed by atoms with Gasteiger partial charge in [-0.05, 0) is 25.8 Å². The first kappa shape index (κ1) is 7.63. The molecule has 1 rings (SSSR count). The standard InChI is InChI=1S/C9H15N/c1-3-5-8-6-4-7-9(8)10-2/h1,8-10H,4-7H2,2H3. The minimum Gasteiger partial charge on any atom is -0.317 e. The Morgan fingerprint density at radius 3 is 3.00 bits per heavy atom. The van der Waals surface area contributed by atoms with E-state index in [0.717, 1.165) is 12.3 Å². The lowest BCUT2D eigenvalue weighted by Gasteiger charge is -2.15. The van der Waals surface area contributed by atoms with Crippen LogP contribution in [0, 0.1) is 18.3 Å². The first-order valence-corrected chi connectivity index (χ1v) is 3.99. The molecule has 2 atom stereocenters. The van der Waals surface area contributed by atoms with Gasteiger partial charge < -0.3 is 5.32 Å². The van der Waals surface area contributed by atoms with Crippen LogP contribution in [0.2, 0.25) is 0 Å². The second kappa shape index (κ2) is 3.63. The third-order valence-electron chi connectivity index (χ3n) is 2.41. The molecule has 2 unspecified atom stereocenters. The molecule has 0 spiro atoms. The highest BCUT2D eigenvalue weighted by atomic mass is 14.9. The quantitative estimate of drug-likeness (QED) is 0.567. The van der Waals surface area contributed by atoms with Gasteiger partial charge in [0.2, 0.25) is 0 Å². The molecule has 0 bridgehead atoms. The molecule has 1 nitrogen and oxygen atoms in total. The van der Waals surface area contributed by atoms with Crippen molar-refractivity contribution in [3.8, 4) is 12.3 Å². The van der Waals surface area contributed by atoms with E-state index < -0.39 is 0 Å². The minimum atomic E-state index is 0.691. The van der Waals surface area contributed by atoms with E-state index in [0.29, 0.717) is 6.04 Å². The fourth-order valence-electron chi connectivity index (χ4n) is 1.81. The van der Waals surface area contributed by atoms with Gasteiger partial charge in [0.25, 0.3) is 0 Å². The number of hydrogen-bond donors (Lipinski definition) is 1. The van der Waals surface area contributed by atoms with Gasteiger partial charge in [0.05, 0.1) is 0 Å². The first-order valence-electron chi connectivity index (χ1n) is 3.99. The normalized spacial score (nSPS) is 32.0. The summed E-state index contributed by atoms with van der Waals surface area (Å²) < 4.78 is 0. The summed E-state index contributed by atoms with van der Waals surface area (Å²) in [4.78, 5) is 0. The maximum absolute atomic E-state index is 5.25. The molecule has 10 heavy (non-hydrogen) atoms. The van der Waals surface area contributed by atoms with Gasteiger partial charge in [-0.1, -0.05) is 6.42 Å². The molecule has 0 aromatic heterocycles. The topological polar surface area (TPSA) is 12.0 Å². The Balaban J connectivity index is 2.36. The number of hydrogen-bond acceptors (Lipinski definition) is 1. The van der Waals surface area contributed by atoms with Gasteiger partial charge in [-0.3, -0.25) is 0 Å². The average molecular weight is 137 g/mol. The van der Waals surface area contributed by atoms with Gasteiger partial charge in [0.15, 0.2) is 0 Å². The van der Waals surface area contributed by atoms with Crippen molar-refractivity contribution >= 4 is 0 Å². The van der Waals surface area contributed by atoms with Crippen LogP contribution >= 0.6 is 0 Å². The molecule has 1 N–H and O–H groups in total. The predicted molar refractivity (Wildman–Crippen MR) is 43.6 cm³/mol. The first-order chi connectivity index (χ1) is 4.88. The van der Waals surface area contributed by atoms with Gasteiger partial charge in [-0.25, -0.2) is 0 Å². The summed E-state index contributed by atoms with van der Waals surface area (Å²) in [6.45, 7) is 0. The molecule has 1 heteroatoms. The molecule has 1 saturated carbocycles. The van der Waals surface area contributed by atoms with Crippen molar-refractivity contribution in [3.63, 3.8) is 0 Å². The summed E-state index contributed by atoms with van der Waals surface area (Å²) in [5, 5.41) is 3.30. The van der Waals surface area contributed by atoms with Crippen LogP contribution in [0.25, 0.3) is 0 Å². The van der Waals surface area contributed by atoms with Gasteiger partial charge in [-0.15, -0.1) is 12.3 Å². The second-order valence-corrected chi connectivity index (χ2v) is 2.99. The van der Waals surface area contributed by atoms with Crippen LogP contribution in [0.3, 0.4) is 0 Å². The number of rotatable bonds is 2. The SMILES string of the molecule is C#CCC1CCCC1NC. The Labute approximate surface area is 63.2 Å². The lowest BCUT2D eigenvalue weighted by molar-refractivity contribution is 0.434. The van der Waals surface area contributed by atoms with E-state index in [4.69, 9.17) is 6.42 Å². The van der Waals surface area contributed by atoms with E-state index in [1.807, 2.05) is 7.05 Å². The number of nitrogens with one attached hydrogen (secondary N) is 1. The molecule has 0 aromatic carbocycles. The predicted octanol–water partition coefficient (Wildman–Crippen LogP) is 1.40.